The molecular formula is C15H16N4O3S. The van der Waals surface area contributed by atoms with Crippen LogP contribution in [0.5, 0.6) is 0 Å². The standard InChI is InChI=1S/C15H16N4O3S/c20-12-6-10(7-19(12)8-11-2-1-5-22-11)13(21)16-15-18-17-14(23-15)9-3-4-9/h1-2,5,9-10H,3-4,6-8H2,(H,16,18,21)/t10-/m0/s1. The minimum absolute atomic E-state index is 0.0301. The molecule has 2 aromatic rings. The number of anilines is 1. The highest BCUT2D eigenvalue weighted by atomic mass is 32.1. The fraction of sp³-hybridized carbons (Fsp3) is 0.467. The minimum atomic E-state index is -0.356. The van der Waals surface area contributed by atoms with Crippen LogP contribution >= 0.6 is 11.3 Å². The first kappa shape index (κ1) is 14.4. The molecule has 1 aliphatic heterocycles. The highest BCUT2D eigenvalue weighted by Gasteiger charge is 2.35. The molecule has 120 valence electrons. The minimum Gasteiger partial charge on any atom is -0.467 e. The summed E-state index contributed by atoms with van der Waals surface area (Å²) in [4.78, 5) is 26.0. The van der Waals surface area contributed by atoms with Crippen LogP contribution in [0.3, 0.4) is 0 Å². The van der Waals surface area contributed by atoms with E-state index in [0.717, 1.165) is 23.6 Å². The lowest BCUT2D eigenvalue weighted by Gasteiger charge is -2.14. The van der Waals surface area contributed by atoms with E-state index in [1.165, 1.54) is 11.3 Å². The van der Waals surface area contributed by atoms with Crippen molar-refractivity contribution in [3.8, 4) is 0 Å². The number of furan rings is 1. The van der Waals surface area contributed by atoms with Gasteiger partial charge in [0.1, 0.15) is 10.8 Å². The van der Waals surface area contributed by atoms with Crippen LogP contribution in [0.25, 0.3) is 0 Å². The van der Waals surface area contributed by atoms with Crippen molar-refractivity contribution in [2.75, 3.05) is 11.9 Å². The van der Waals surface area contributed by atoms with Crippen LogP contribution in [0.15, 0.2) is 22.8 Å². The zero-order chi connectivity index (χ0) is 15.8. The zero-order valence-electron chi connectivity index (χ0n) is 12.4. The second-order valence-corrected chi connectivity index (χ2v) is 6.97. The lowest BCUT2D eigenvalue weighted by atomic mass is 10.1. The van der Waals surface area contributed by atoms with Gasteiger partial charge in [-0.15, -0.1) is 10.2 Å². The summed E-state index contributed by atoms with van der Waals surface area (Å²) in [6.45, 7) is 0.805. The predicted octanol–water partition coefficient (Wildman–Crippen LogP) is 2.00. The highest BCUT2D eigenvalue weighted by molar-refractivity contribution is 7.15. The molecule has 2 aliphatic rings. The van der Waals surface area contributed by atoms with Crippen molar-refractivity contribution >= 4 is 28.3 Å². The molecule has 0 unspecified atom stereocenters. The summed E-state index contributed by atoms with van der Waals surface area (Å²) in [5, 5.41) is 12.4. The first-order valence-electron chi connectivity index (χ1n) is 7.63. The Labute approximate surface area is 136 Å². The highest BCUT2D eigenvalue weighted by Crippen LogP contribution is 2.42. The van der Waals surface area contributed by atoms with Gasteiger partial charge in [0, 0.05) is 18.9 Å². The molecule has 0 spiro atoms. The van der Waals surface area contributed by atoms with Gasteiger partial charge in [-0.2, -0.15) is 0 Å². The van der Waals surface area contributed by atoms with Gasteiger partial charge in [-0.3, -0.25) is 9.59 Å². The summed E-state index contributed by atoms with van der Waals surface area (Å²) in [6, 6.07) is 3.61. The van der Waals surface area contributed by atoms with Gasteiger partial charge < -0.3 is 14.6 Å². The van der Waals surface area contributed by atoms with Gasteiger partial charge in [0.05, 0.1) is 18.7 Å². The average Bonchev–Trinajstić information content (AvgIpc) is 2.93. The van der Waals surface area contributed by atoms with E-state index in [1.807, 2.05) is 6.07 Å². The number of carbonyl (C=O) groups excluding carboxylic acids is 2. The van der Waals surface area contributed by atoms with Crippen LogP contribution in [-0.2, 0) is 16.1 Å². The van der Waals surface area contributed by atoms with Crippen molar-refractivity contribution in [1.82, 2.24) is 15.1 Å². The summed E-state index contributed by atoms with van der Waals surface area (Å²) < 4.78 is 5.26. The van der Waals surface area contributed by atoms with E-state index in [-0.39, 0.29) is 24.2 Å². The van der Waals surface area contributed by atoms with Crippen molar-refractivity contribution in [3.63, 3.8) is 0 Å². The molecule has 2 aromatic heterocycles. The van der Waals surface area contributed by atoms with Crippen LogP contribution in [0, 0.1) is 5.92 Å². The zero-order valence-corrected chi connectivity index (χ0v) is 13.2. The maximum atomic E-state index is 12.3. The molecule has 0 radical (unpaired) electrons. The molecule has 1 saturated carbocycles. The largest absolute Gasteiger partial charge is 0.467 e. The molecule has 23 heavy (non-hydrogen) atoms. The van der Waals surface area contributed by atoms with Gasteiger partial charge >= 0.3 is 0 Å². The molecule has 2 fully saturated rings. The molecular weight excluding hydrogens is 316 g/mol. The Morgan fingerprint density at radius 1 is 1.43 bits per heavy atom. The second-order valence-electron chi connectivity index (χ2n) is 5.96. The van der Waals surface area contributed by atoms with Crippen molar-refractivity contribution in [1.29, 1.82) is 0 Å². The summed E-state index contributed by atoms with van der Waals surface area (Å²) in [5.41, 5.74) is 0. The van der Waals surface area contributed by atoms with Crippen molar-refractivity contribution in [3.05, 3.63) is 29.2 Å². The number of hydrogen-bond donors (Lipinski definition) is 1. The molecule has 8 heteroatoms. The van der Waals surface area contributed by atoms with Crippen LogP contribution in [0.2, 0.25) is 0 Å². The summed E-state index contributed by atoms with van der Waals surface area (Å²) >= 11 is 1.43. The lowest BCUT2D eigenvalue weighted by molar-refractivity contribution is -0.128. The van der Waals surface area contributed by atoms with E-state index in [9.17, 15) is 9.59 Å². The van der Waals surface area contributed by atoms with E-state index in [2.05, 4.69) is 15.5 Å². The van der Waals surface area contributed by atoms with Gasteiger partial charge in [0.15, 0.2) is 0 Å². The Kier molecular flexibility index (Phi) is 3.60. The van der Waals surface area contributed by atoms with Gasteiger partial charge in [-0.25, -0.2) is 0 Å². The molecule has 7 nitrogen and oxygen atoms in total. The normalized spacial score (nSPS) is 21.0. The third-order valence-corrected chi connectivity index (χ3v) is 5.11. The molecule has 2 amide bonds. The summed E-state index contributed by atoms with van der Waals surface area (Å²) in [5.74, 6) is 0.689. The van der Waals surface area contributed by atoms with Crippen molar-refractivity contribution in [2.45, 2.75) is 31.7 Å². The predicted molar refractivity (Wildman–Crippen MR) is 82.7 cm³/mol. The average molecular weight is 332 g/mol. The molecule has 1 N–H and O–H groups in total. The molecule has 0 bridgehead atoms. The molecule has 3 heterocycles. The number of amides is 2. The first-order valence-corrected chi connectivity index (χ1v) is 8.45. The quantitative estimate of drug-likeness (QED) is 0.904. The fourth-order valence-corrected chi connectivity index (χ4v) is 3.59. The Bertz CT molecular complexity index is 723. The Morgan fingerprint density at radius 2 is 2.30 bits per heavy atom. The molecule has 1 aliphatic carbocycles. The molecule has 4 rings (SSSR count). The van der Waals surface area contributed by atoms with E-state index < -0.39 is 0 Å². The van der Waals surface area contributed by atoms with Gasteiger partial charge in [-0.1, -0.05) is 11.3 Å². The number of carbonyl (C=O) groups is 2. The van der Waals surface area contributed by atoms with Crippen LogP contribution in [0.1, 0.15) is 35.9 Å². The number of nitrogens with zero attached hydrogens (tertiary/aromatic N) is 3. The Morgan fingerprint density at radius 3 is 3.04 bits per heavy atom. The van der Waals surface area contributed by atoms with Crippen molar-refractivity contribution < 1.29 is 14.0 Å². The van der Waals surface area contributed by atoms with Gasteiger partial charge in [0.2, 0.25) is 16.9 Å². The number of hydrogen-bond acceptors (Lipinski definition) is 6. The van der Waals surface area contributed by atoms with Crippen LogP contribution < -0.4 is 5.32 Å². The van der Waals surface area contributed by atoms with Crippen LogP contribution in [-0.4, -0.2) is 33.5 Å². The topological polar surface area (TPSA) is 88.3 Å². The monoisotopic (exact) mass is 332 g/mol. The molecule has 1 saturated heterocycles. The van der Waals surface area contributed by atoms with Crippen LogP contribution in [0.4, 0.5) is 5.13 Å². The maximum absolute atomic E-state index is 12.3. The number of nitrogens with one attached hydrogen (secondary N) is 1. The summed E-state index contributed by atoms with van der Waals surface area (Å²) in [7, 11) is 0. The van der Waals surface area contributed by atoms with E-state index >= 15 is 0 Å². The van der Waals surface area contributed by atoms with Gasteiger partial charge in [-0.05, 0) is 25.0 Å². The number of aromatic nitrogens is 2. The third-order valence-electron chi connectivity index (χ3n) is 4.11. The fourth-order valence-electron chi connectivity index (χ4n) is 2.68. The number of rotatable bonds is 5. The summed E-state index contributed by atoms with van der Waals surface area (Å²) in [6.07, 6.45) is 4.11. The second kappa shape index (κ2) is 5.77. The first-order chi connectivity index (χ1) is 11.2. The van der Waals surface area contributed by atoms with Crippen molar-refractivity contribution in [2.24, 2.45) is 5.92 Å². The Balaban J connectivity index is 1.35. The smallest absolute Gasteiger partial charge is 0.231 e. The van der Waals surface area contributed by atoms with E-state index in [1.54, 1.807) is 17.2 Å². The maximum Gasteiger partial charge on any atom is 0.231 e. The van der Waals surface area contributed by atoms with E-state index in [0.29, 0.717) is 24.1 Å². The Hall–Kier alpha value is -2.22. The number of likely N-dealkylation sites (tertiary alicyclic amines) is 1. The SMILES string of the molecule is O=C(Nc1nnc(C2CC2)s1)[C@H]1CC(=O)N(Cc2ccco2)C1. The third kappa shape index (κ3) is 3.12. The lowest BCUT2D eigenvalue weighted by Crippen LogP contribution is -2.27. The van der Waals surface area contributed by atoms with E-state index in [4.69, 9.17) is 4.42 Å². The molecule has 1 atom stereocenters. The molecule has 0 aromatic carbocycles. The van der Waals surface area contributed by atoms with Gasteiger partial charge in [0.25, 0.3) is 0 Å².